The SMILES string of the molecule is CC(C)(O)CCSc1ncn[nH]1. The fourth-order valence-corrected chi connectivity index (χ4v) is 1.70. The first-order valence-corrected chi connectivity index (χ1v) is 4.77. The van der Waals surface area contributed by atoms with E-state index >= 15 is 0 Å². The van der Waals surface area contributed by atoms with Crippen LogP contribution in [0.3, 0.4) is 0 Å². The van der Waals surface area contributed by atoms with Crippen LogP contribution in [-0.2, 0) is 0 Å². The lowest BCUT2D eigenvalue weighted by Gasteiger charge is -2.15. The summed E-state index contributed by atoms with van der Waals surface area (Å²) in [7, 11) is 0. The van der Waals surface area contributed by atoms with Gasteiger partial charge < -0.3 is 5.11 Å². The first-order chi connectivity index (χ1) is 5.58. The Morgan fingerprint density at radius 3 is 2.92 bits per heavy atom. The molecule has 0 bridgehead atoms. The zero-order valence-corrected chi connectivity index (χ0v) is 8.06. The number of aromatic nitrogens is 3. The van der Waals surface area contributed by atoms with E-state index in [4.69, 9.17) is 0 Å². The van der Waals surface area contributed by atoms with Crippen molar-refractivity contribution in [2.24, 2.45) is 0 Å². The van der Waals surface area contributed by atoms with E-state index in [1.165, 1.54) is 6.33 Å². The van der Waals surface area contributed by atoms with Gasteiger partial charge in [0.25, 0.3) is 0 Å². The van der Waals surface area contributed by atoms with Crippen molar-refractivity contribution < 1.29 is 5.11 Å². The Bertz CT molecular complexity index is 217. The van der Waals surface area contributed by atoms with E-state index in [9.17, 15) is 5.11 Å². The van der Waals surface area contributed by atoms with Crippen molar-refractivity contribution in [3.05, 3.63) is 6.33 Å². The number of aromatic amines is 1. The van der Waals surface area contributed by atoms with Crippen LogP contribution in [0.1, 0.15) is 20.3 Å². The van der Waals surface area contributed by atoms with Crippen molar-refractivity contribution in [2.75, 3.05) is 5.75 Å². The maximum Gasteiger partial charge on any atom is 0.183 e. The summed E-state index contributed by atoms with van der Waals surface area (Å²) in [5.74, 6) is 0.846. The molecule has 1 aromatic heterocycles. The topological polar surface area (TPSA) is 61.8 Å². The van der Waals surface area contributed by atoms with E-state index in [1.807, 2.05) is 0 Å². The molecule has 0 aliphatic heterocycles. The molecular weight excluding hydrogens is 174 g/mol. The van der Waals surface area contributed by atoms with Gasteiger partial charge in [0, 0.05) is 5.75 Å². The molecule has 0 saturated carbocycles. The van der Waals surface area contributed by atoms with Crippen LogP contribution in [-0.4, -0.2) is 31.6 Å². The highest BCUT2D eigenvalue weighted by molar-refractivity contribution is 7.99. The largest absolute Gasteiger partial charge is 0.390 e. The minimum atomic E-state index is -0.590. The zero-order valence-electron chi connectivity index (χ0n) is 7.24. The van der Waals surface area contributed by atoms with E-state index in [2.05, 4.69) is 15.2 Å². The minimum Gasteiger partial charge on any atom is -0.390 e. The molecule has 2 N–H and O–H groups in total. The summed E-state index contributed by atoms with van der Waals surface area (Å²) in [6.45, 7) is 3.60. The van der Waals surface area contributed by atoms with Gasteiger partial charge in [-0.2, -0.15) is 5.10 Å². The predicted molar refractivity (Wildman–Crippen MR) is 48.0 cm³/mol. The van der Waals surface area contributed by atoms with E-state index < -0.39 is 5.60 Å². The summed E-state index contributed by atoms with van der Waals surface area (Å²) in [5.41, 5.74) is -0.590. The van der Waals surface area contributed by atoms with Gasteiger partial charge in [-0.3, -0.25) is 5.10 Å². The van der Waals surface area contributed by atoms with Gasteiger partial charge in [0.1, 0.15) is 6.33 Å². The maximum absolute atomic E-state index is 9.39. The summed E-state index contributed by atoms with van der Waals surface area (Å²) in [4.78, 5) is 3.95. The summed E-state index contributed by atoms with van der Waals surface area (Å²) >= 11 is 1.56. The molecule has 68 valence electrons. The number of nitrogens with one attached hydrogen (secondary N) is 1. The van der Waals surface area contributed by atoms with Crippen molar-refractivity contribution >= 4 is 11.8 Å². The number of aliphatic hydroxyl groups is 1. The van der Waals surface area contributed by atoms with Gasteiger partial charge in [-0.15, -0.1) is 0 Å². The molecule has 0 atom stereocenters. The third-order valence-electron chi connectivity index (χ3n) is 1.35. The lowest BCUT2D eigenvalue weighted by molar-refractivity contribution is 0.0777. The van der Waals surface area contributed by atoms with Gasteiger partial charge in [-0.25, -0.2) is 4.98 Å². The van der Waals surface area contributed by atoms with Gasteiger partial charge in [0.05, 0.1) is 5.60 Å². The maximum atomic E-state index is 9.39. The third kappa shape index (κ3) is 3.73. The first-order valence-electron chi connectivity index (χ1n) is 3.78. The molecule has 0 radical (unpaired) electrons. The fraction of sp³-hybridized carbons (Fsp3) is 0.714. The minimum absolute atomic E-state index is 0.590. The molecule has 1 aromatic rings. The normalized spacial score (nSPS) is 11.9. The molecule has 0 aliphatic rings. The van der Waals surface area contributed by atoms with E-state index in [0.717, 1.165) is 17.3 Å². The average molecular weight is 187 g/mol. The van der Waals surface area contributed by atoms with Crippen LogP contribution in [0.4, 0.5) is 0 Å². The van der Waals surface area contributed by atoms with Crippen molar-refractivity contribution in [3.8, 4) is 0 Å². The van der Waals surface area contributed by atoms with Crippen LogP contribution in [0.15, 0.2) is 11.5 Å². The van der Waals surface area contributed by atoms with Crippen LogP contribution in [0.5, 0.6) is 0 Å². The van der Waals surface area contributed by atoms with Crippen LogP contribution < -0.4 is 0 Å². The summed E-state index contributed by atoms with van der Waals surface area (Å²) < 4.78 is 0. The molecule has 0 amide bonds. The Labute approximate surface area is 75.8 Å². The van der Waals surface area contributed by atoms with Gasteiger partial charge in [0.15, 0.2) is 5.16 Å². The molecular formula is C7H13N3OS. The fourth-order valence-electron chi connectivity index (χ4n) is 0.661. The van der Waals surface area contributed by atoms with E-state index in [-0.39, 0.29) is 0 Å². The Kier molecular flexibility index (Phi) is 3.11. The van der Waals surface area contributed by atoms with Crippen LogP contribution in [0.2, 0.25) is 0 Å². The second-order valence-corrected chi connectivity index (χ2v) is 4.29. The summed E-state index contributed by atoms with van der Waals surface area (Å²) in [6.07, 6.45) is 2.23. The smallest absolute Gasteiger partial charge is 0.183 e. The lowest BCUT2D eigenvalue weighted by atomic mass is 10.1. The zero-order chi connectivity index (χ0) is 9.03. The molecule has 4 nitrogen and oxygen atoms in total. The predicted octanol–water partition coefficient (Wildman–Crippen LogP) is 1.06. The molecule has 0 aromatic carbocycles. The highest BCUT2D eigenvalue weighted by atomic mass is 32.2. The average Bonchev–Trinajstić information content (AvgIpc) is 2.36. The Hall–Kier alpha value is -0.550. The van der Waals surface area contributed by atoms with Crippen molar-refractivity contribution in [2.45, 2.75) is 31.0 Å². The molecule has 0 fully saturated rings. The molecule has 0 unspecified atom stereocenters. The number of hydrogen-bond donors (Lipinski definition) is 2. The summed E-state index contributed by atoms with van der Waals surface area (Å²) in [5, 5.41) is 16.7. The summed E-state index contributed by atoms with van der Waals surface area (Å²) in [6, 6.07) is 0. The Morgan fingerprint density at radius 2 is 2.42 bits per heavy atom. The van der Waals surface area contributed by atoms with Gasteiger partial charge in [-0.05, 0) is 20.3 Å². The van der Waals surface area contributed by atoms with Crippen LogP contribution in [0.25, 0.3) is 0 Å². The molecule has 12 heavy (non-hydrogen) atoms. The quantitative estimate of drug-likeness (QED) is 0.692. The first kappa shape index (κ1) is 9.54. The number of thioether (sulfide) groups is 1. The number of hydrogen-bond acceptors (Lipinski definition) is 4. The molecule has 0 saturated heterocycles. The molecule has 0 aliphatic carbocycles. The van der Waals surface area contributed by atoms with E-state index in [1.54, 1.807) is 25.6 Å². The van der Waals surface area contributed by atoms with Crippen LogP contribution >= 0.6 is 11.8 Å². The molecule has 0 spiro atoms. The van der Waals surface area contributed by atoms with Gasteiger partial charge >= 0.3 is 0 Å². The Balaban J connectivity index is 2.20. The highest BCUT2D eigenvalue weighted by Crippen LogP contribution is 2.17. The van der Waals surface area contributed by atoms with Gasteiger partial charge in [-0.1, -0.05) is 11.8 Å². The Morgan fingerprint density at radius 1 is 1.67 bits per heavy atom. The number of rotatable bonds is 4. The number of H-pyrrole nitrogens is 1. The van der Waals surface area contributed by atoms with Crippen LogP contribution in [0, 0.1) is 0 Å². The molecule has 1 rings (SSSR count). The second kappa shape index (κ2) is 3.91. The van der Waals surface area contributed by atoms with Gasteiger partial charge in [0.2, 0.25) is 0 Å². The molecule has 1 heterocycles. The second-order valence-electron chi connectivity index (χ2n) is 3.20. The third-order valence-corrected chi connectivity index (χ3v) is 2.22. The van der Waals surface area contributed by atoms with E-state index in [0.29, 0.717) is 0 Å². The highest BCUT2D eigenvalue weighted by Gasteiger charge is 2.11. The van der Waals surface area contributed by atoms with Crippen molar-refractivity contribution in [1.82, 2.24) is 15.2 Å². The lowest BCUT2D eigenvalue weighted by Crippen LogP contribution is -2.19. The van der Waals surface area contributed by atoms with Crippen molar-refractivity contribution in [3.63, 3.8) is 0 Å². The van der Waals surface area contributed by atoms with Crippen molar-refractivity contribution in [1.29, 1.82) is 0 Å². The standard InChI is InChI=1S/C7H13N3OS/c1-7(2,11)3-4-12-6-8-5-9-10-6/h5,11H,3-4H2,1-2H3,(H,8,9,10). The monoisotopic (exact) mass is 187 g/mol. The molecule has 5 heteroatoms. The number of nitrogens with zero attached hydrogens (tertiary/aromatic N) is 2.